The van der Waals surface area contributed by atoms with Crippen LogP contribution in [-0.4, -0.2) is 17.8 Å². The second kappa shape index (κ2) is 3.04. The molecule has 1 aromatic rings. The number of aliphatic hydroxyl groups is 1. The van der Waals surface area contributed by atoms with E-state index in [1.54, 1.807) is 0 Å². The van der Waals surface area contributed by atoms with E-state index in [0.717, 1.165) is 12.3 Å². The Bertz CT molecular complexity index is 270. The fourth-order valence-electron chi connectivity index (χ4n) is 0.870. The van der Waals surface area contributed by atoms with Crippen molar-refractivity contribution in [2.24, 2.45) is 5.73 Å². The molecule has 1 heterocycles. The number of rotatable bonds is 2. The lowest BCUT2D eigenvalue weighted by molar-refractivity contribution is -0.268. The number of halogens is 3. The van der Waals surface area contributed by atoms with Crippen LogP contribution in [0.25, 0.3) is 0 Å². The second-order valence-electron chi connectivity index (χ2n) is 2.54. The van der Waals surface area contributed by atoms with E-state index in [4.69, 9.17) is 5.73 Å². The van der Waals surface area contributed by atoms with E-state index in [2.05, 4.69) is 4.42 Å². The van der Waals surface area contributed by atoms with Gasteiger partial charge in [0.15, 0.2) is 0 Å². The van der Waals surface area contributed by atoms with E-state index < -0.39 is 24.1 Å². The highest BCUT2D eigenvalue weighted by atomic mass is 19.4. The minimum Gasteiger partial charge on any atom is -0.466 e. The van der Waals surface area contributed by atoms with Gasteiger partial charge in [-0.05, 0) is 12.1 Å². The summed E-state index contributed by atoms with van der Waals surface area (Å²) in [6.45, 7) is -0.968. The van der Waals surface area contributed by atoms with Crippen molar-refractivity contribution in [2.75, 3.05) is 6.54 Å². The molecule has 3 nitrogen and oxygen atoms in total. The molecule has 0 unspecified atom stereocenters. The average Bonchev–Trinajstić information content (AvgIpc) is 2.52. The number of furan rings is 1. The first-order valence-corrected chi connectivity index (χ1v) is 3.45. The minimum absolute atomic E-state index is 0.595. The zero-order valence-corrected chi connectivity index (χ0v) is 6.51. The van der Waals surface area contributed by atoms with Crippen LogP contribution in [0, 0.1) is 0 Å². The van der Waals surface area contributed by atoms with Crippen molar-refractivity contribution in [2.45, 2.75) is 11.8 Å². The summed E-state index contributed by atoms with van der Waals surface area (Å²) in [6.07, 6.45) is -3.79. The molecule has 1 aromatic heterocycles. The smallest absolute Gasteiger partial charge is 0.425 e. The average molecular weight is 195 g/mol. The van der Waals surface area contributed by atoms with E-state index >= 15 is 0 Å². The van der Waals surface area contributed by atoms with Gasteiger partial charge in [-0.3, -0.25) is 0 Å². The van der Waals surface area contributed by atoms with Crippen LogP contribution in [0.1, 0.15) is 5.76 Å². The first kappa shape index (κ1) is 10.1. The lowest BCUT2D eigenvalue weighted by Crippen LogP contribution is -2.48. The van der Waals surface area contributed by atoms with Gasteiger partial charge in [-0.2, -0.15) is 13.2 Å². The first-order valence-electron chi connectivity index (χ1n) is 3.45. The van der Waals surface area contributed by atoms with E-state index in [-0.39, 0.29) is 0 Å². The summed E-state index contributed by atoms with van der Waals surface area (Å²) in [7, 11) is 0. The molecule has 0 saturated carbocycles. The maximum absolute atomic E-state index is 12.3. The largest absolute Gasteiger partial charge is 0.466 e. The van der Waals surface area contributed by atoms with Gasteiger partial charge in [-0.15, -0.1) is 0 Å². The predicted octanol–water partition coefficient (Wildman–Crippen LogP) is 0.988. The van der Waals surface area contributed by atoms with Crippen molar-refractivity contribution in [3.05, 3.63) is 24.2 Å². The van der Waals surface area contributed by atoms with Crippen LogP contribution in [0.3, 0.4) is 0 Å². The van der Waals surface area contributed by atoms with Crippen molar-refractivity contribution in [3.63, 3.8) is 0 Å². The van der Waals surface area contributed by atoms with Crippen LogP contribution < -0.4 is 5.73 Å². The summed E-state index contributed by atoms with van der Waals surface area (Å²) in [5.41, 5.74) is 1.77. The van der Waals surface area contributed by atoms with Crippen molar-refractivity contribution in [1.82, 2.24) is 0 Å². The molecule has 6 heteroatoms. The first-order chi connectivity index (χ1) is 5.92. The third kappa shape index (κ3) is 1.54. The van der Waals surface area contributed by atoms with Gasteiger partial charge in [-0.1, -0.05) is 0 Å². The van der Waals surface area contributed by atoms with Crippen LogP contribution in [0.4, 0.5) is 13.2 Å². The van der Waals surface area contributed by atoms with Crippen LogP contribution in [0.2, 0.25) is 0 Å². The molecule has 0 aliphatic carbocycles. The Morgan fingerprint density at radius 1 is 1.46 bits per heavy atom. The van der Waals surface area contributed by atoms with Crippen LogP contribution in [0.15, 0.2) is 22.8 Å². The molecule has 0 aliphatic heterocycles. The zero-order valence-electron chi connectivity index (χ0n) is 6.51. The summed E-state index contributed by atoms with van der Waals surface area (Å²) in [5.74, 6) is -0.595. The SMILES string of the molecule is NC[C@@](O)(c1ccco1)C(F)(F)F. The Morgan fingerprint density at radius 3 is 2.38 bits per heavy atom. The molecular formula is C7H8F3NO2. The Hall–Kier alpha value is -1.01. The third-order valence-electron chi connectivity index (χ3n) is 1.69. The van der Waals surface area contributed by atoms with E-state index in [0.29, 0.717) is 0 Å². The maximum atomic E-state index is 12.3. The lowest BCUT2D eigenvalue weighted by atomic mass is 10.0. The number of alkyl halides is 3. The Morgan fingerprint density at radius 2 is 2.08 bits per heavy atom. The molecule has 0 amide bonds. The van der Waals surface area contributed by atoms with Crippen LogP contribution in [0.5, 0.6) is 0 Å². The number of hydrogen-bond acceptors (Lipinski definition) is 3. The Kier molecular flexibility index (Phi) is 2.36. The van der Waals surface area contributed by atoms with Gasteiger partial charge in [0.05, 0.1) is 6.26 Å². The molecule has 0 spiro atoms. The van der Waals surface area contributed by atoms with Gasteiger partial charge in [-0.25, -0.2) is 0 Å². The van der Waals surface area contributed by atoms with E-state index in [1.807, 2.05) is 0 Å². The predicted molar refractivity (Wildman–Crippen MR) is 37.7 cm³/mol. The summed E-state index contributed by atoms with van der Waals surface area (Å²) in [4.78, 5) is 0. The van der Waals surface area contributed by atoms with E-state index in [1.165, 1.54) is 6.07 Å². The summed E-state index contributed by atoms with van der Waals surface area (Å²) in [6, 6.07) is 2.28. The maximum Gasteiger partial charge on any atom is 0.425 e. The molecule has 0 saturated heterocycles. The van der Waals surface area contributed by atoms with E-state index in [9.17, 15) is 18.3 Å². The lowest BCUT2D eigenvalue weighted by Gasteiger charge is -2.26. The quantitative estimate of drug-likeness (QED) is 0.739. The molecule has 1 atom stereocenters. The van der Waals surface area contributed by atoms with Gasteiger partial charge < -0.3 is 15.3 Å². The molecule has 74 valence electrons. The molecule has 0 aromatic carbocycles. The standard InChI is InChI=1S/C7H8F3NO2/c8-7(9,10)6(12,4-11)5-2-1-3-13-5/h1-3,12H,4,11H2/t6-/m1/s1. The van der Waals surface area contributed by atoms with Crippen molar-refractivity contribution in [1.29, 1.82) is 0 Å². The highest BCUT2D eigenvalue weighted by molar-refractivity contribution is 5.12. The number of nitrogens with two attached hydrogens (primary N) is 1. The van der Waals surface area contributed by atoms with Gasteiger partial charge in [0.25, 0.3) is 0 Å². The molecule has 0 fully saturated rings. The Balaban J connectivity index is 3.09. The monoisotopic (exact) mass is 195 g/mol. The fraction of sp³-hybridized carbons (Fsp3) is 0.429. The second-order valence-corrected chi connectivity index (χ2v) is 2.54. The number of hydrogen-bond donors (Lipinski definition) is 2. The summed E-state index contributed by atoms with van der Waals surface area (Å²) >= 11 is 0. The topological polar surface area (TPSA) is 59.4 Å². The zero-order chi connectivity index (χ0) is 10.1. The molecule has 13 heavy (non-hydrogen) atoms. The van der Waals surface area contributed by atoms with Crippen molar-refractivity contribution >= 4 is 0 Å². The third-order valence-corrected chi connectivity index (χ3v) is 1.69. The summed E-state index contributed by atoms with van der Waals surface area (Å²) < 4.78 is 41.3. The van der Waals surface area contributed by atoms with Crippen molar-refractivity contribution < 1.29 is 22.7 Å². The minimum atomic E-state index is -4.83. The Labute approximate surface area is 72.0 Å². The fourth-order valence-corrected chi connectivity index (χ4v) is 0.870. The molecule has 1 rings (SSSR count). The highest BCUT2D eigenvalue weighted by Crippen LogP contribution is 2.38. The molecule has 0 aliphatic rings. The molecule has 0 radical (unpaired) electrons. The molecule has 0 bridgehead atoms. The van der Waals surface area contributed by atoms with Gasteiger partial charge in [0.1, 0.15) is 5.76 Å². The highest BCUT2D eigenvalue weighted by Gasteiger charge is 2.56. The normalized spacial score (nSPS) is 17.0. The summed E-state index contributed by atoms with van der Waals surface area (Å²) in [5, 5.41) is 9.17. The van der Waals surface area contributed by atoms with Crippen molar-refractivity contribution in [3.8, 4) is 0 Å². The van der Waals surface area contributed by atoms with Gasteiger partial charge in [0.2, 0.25) is 5.60 Å². The van der Waals surface area contributed by atoms with Gasteiger partial charge in [0, 0.05) is 6.54 Å². The van der Waals surface area contributed by atoms with Crippen LogP contribution >= 0.6 is 0 Å². The van der Waals surface area contributed by atoms with Gasteiger partial charge >= 0.3 is 6.18 Å². The molecule has 3 N–H and O–H groups in total. The molecular weight excluding hydrogens is 187 g/mol. The van der Waals surface area contributed by atoms with Crippen LogP contribution in [-0.2, 0) is 5.60 Å².